The molecule has 0 aliphatic carbocycles. The first-order valence-corrected chi connectivity index (χ1v) is 5.68. The summed E-state index contributed by atoms with van der Waals surface area (Å²) in [6, 6.07) is 6.53. The number of fused-ring (bicyclic) bond motifs is 1. The van der Waals surface area contributed by atoms with E-state index >= 15 is 0 Å². The molecule has 0 unspecified atom stereocenters. The highest BCUT2D eigenvalue weighted by Crippen LogP contribution is 2.17. The van der Waals surface area contributed by atoms with Gasteiger partial charge in [-0.1, -0.05) is 18.2 Å². The van der Waals surface area contributed by atoms with Crippen LogP contribution >= 0.6 is 0 Å². The van der Waals surface area contributed by atoms with E-state index in [0.717, 1.165) is 19.5 Å². The molecule has 1 amide bonds. The van der Waals surface area contributed by atoms with Gasteiger partial charge in [0.2, 0.25) is 5.91 Å². The van der Waals surface area contributed by atoms with Crippen LogP contribution in [-0.4, -0.2) is 24.9 Å². The lowest BCUT2D eigenvalue weighted by molar-refractivity contribution is -0.128. The Hall–Kier alpha value is -1.35. The number of benzene rings is 1. The summed E-state index contributed by atoms with van der Waals surface area (Å²) in [6.45, 7) is 1.94. The first-order valence-electron chi connectivity index (χ1n) is 5.68. The van der Waals surface area contributed by atoms with E-state index in [1.54, 1.807) is 19.0 Å². The van der Waals surface area contributed by atoms with Crippen molar-refractivity contribution >= 4 is 5.91 Å². The molecule has 0 saturated carbocycles. The van der Waals surface area contributed by atoms with Gasteiger partial charge in [-0.3, -0.25) is 4.79 Å². The van der Waals surface area contributed by atoms with Gasteiger partial charge in [0, 0.05) is 33.6 Å². The van der Waals surface area contributed by atoms with Crippen molar-refractivity contribution in [2.45, 2.75) is 25.9 Å². The Morgan fingerprint density at radius 1 is 1.31 bits per heavy atom. The molecular formula is C13H18N2O. The number of amides is 1. The molecule has 16 heavy (non-hydrogen) atoms. The van der Waals surface area contributed by atoms with Crippen LogP contribution in [0.2, 0.25) is 0 Å². The Balaban J connectivity index is 1.98. The van der Waals surface area contributed by atoms with E-state index in [1.807, 2.05) is 0 Å². The van der Waals surface area contributed by atoms with E-state index in [0.29, 0.717) is 6.42 Å². The van der Waals surface area contributed by atoms with Crippen molar-refractivity contribution in [3.8, 4) is 0 Å². The fourth-order valence-corrected chi connectivity index (χ4v) is 1.98. The fraction of sp³-hybridized carbons (Fsp3) is 0.462. The standard InChI is InChI=1S/C13H18N2O/c1-15(2)13(16)6-4-10-3-5-11-8-14-9-12(11)7-10/h3,5,7,14H,4,6,8-9H2,1-2H3. The number of rotatable bonds is 3. The molecule has 0 bridgehead atoms. The molecule has 0 radical (unpaired) electrons. The van der Waals surface area contributed by atoms with Gasteiger partial charge in [0.05, 0.1) is 0 Å². The summed E-state index contributed by atoms with van der Waals surface area (Å²) in [5.41, 5.74) is 4.04. The fourth-order valence-electron chi connectivity index (χ4n) is 1.98. The number of carbonyl (C=O) groups excluding carboxylic acids is 1. The molecule has 86 valence electrons. The maximum Gasteiger partial charge on any atom is 0.222 e. The lowest BCUT2D eigenvalue weighted by atomic mass is 10.0. The molecule has 0 fully saturated rings. The summed E-state index contributed by atoms with van der Waals surface area (Å²) in [5.74, 6) is 0.193. The molecule has 3 heteroatoms. The quantitative estimate of drug-likeness (QED) is 0.829. The monoisotopic (exact) mass is 218 g/mol. The van der Waals surface area contributed by atoms with Crippen molar-refractivity contribution in [3.63, 3.8) is 0 Å². The van der Waals surface area contributed by atoms with Crippen LogP contribution in [0.1, 0.15) is 23.1 Å². The van der Waals surface area contributed by atoms with Crippen LogP contribution in [0, 0.1) is 0 Å². The summed E-state index contributed by atoms with van der Waals surface area (Å²) in [7, 11) is 3.60. The van der Waals surface area contributed by atoms with Crippen molar-refractivity contribution in [2.24, 2.45) is 0 Å². The van der Waals surface area contributed by atoms with Crippen LogP contribution in [0.4, 0.5) is 0 Å². The number of carbonyl (C=O) groups is 1. The number of hydrogen-bond acceptors (Lipinski definition) is 2. The van der Waals surface area contributed by atoms with Gasteiger partial charge in [0.1, 0.15) is 0 Å². The second kappa shape index (κ2) is 4.66. The van der Waals surface area contributed by atoms with E-state index in [2.05, 4.69) is 23.5 Å². The van der Waals surface area contributed by atoms with Crippen LogP contribution in [0.25, 0.3) is 0 Å². The predicted molar refractivity (Wildman–Crippen MR) is 64.0 cm³/mol. The lowest BCUT2D eigenvalue weighted by Gasteiger charge is -2.10. The van der Waals surface area contributed by atoms with Crippen LogP contribution in [-0.2, 0) is 24.3 Å². The van der Waals surface area contributed by atoms with Gasteiger partial charge >= 0.3 is 0 Å². The van der Waals surface area contributed by atoms with Gasteiger partial charge in [-0.15, -0.1) is 0 Å². The van der Waals surface area contributed by atoms with Crippen LogP contribution in [0.15, 0.2) is 18.2 Å². The number of aryl methyl sites for hydroxylation is 1. The van der Waals surface area contributed by atoms with E-state index < -0.39 is 0 Å². The van der Waals surface area contributed by atoms with E-state index in [4.69, 9.17) is 0 Å². The van der Waals surface area contributed by atoms with Crippen LogP contribution in [0.3, 0.4) is 0 Å². The molecule has 0 atom stereocenters. The van der Waals surface area contributed by atoms with Gasteiger partial charge in [-0.25, -0.2) is 0 Å². The van der Waals surface area contributed by atoms with Crippen molar-refractivity contribution in [1.82, 2.24) is 10.2 Å². The van der Waals surface area contributed by atoms with Gasteiger partial charge < -0.3 is 10.2 Å². The molecule has 0 spiro atoms. The highest BCUT2D eigenvalue weighted by molar-refractivity contribution is 5.75. The highest BCUT2D eigenvalue weighted by atomic mass is 16.2. The van der Waals surface area contributed by atoms with E-state index in [1.165, 1.54) is 16.7 Å². The molecular weight excluding hydrogens is 200 g/mol. The average Bonchev–Trinajstić information content (AvgIpc) is 2.72. The normalized spacial score (nSPS) is 13.6. The first-order chi connectivity index (χ1) is 7.66. The molecule has 1 heterocycles. The average molecular weight is 218 g/mol. The zero-order valence-electron chi connectivity index (χ0n) is 9.92. The van der Waals surface area contributed by atoms with Crippen molar-refractivity contribution in [3.05, 3.63) is 34.9 Å². The third-order valence-corrected chi connectivity index (χ3v) is 3.03. The molecule has 2 rings (SSSR count). The second-order valence-corrected chi connectivity index (χ2v) is 4.49. The second-order valence-electron chi connectivity index (χ2n) is 4.49. The molecule has 3 nitrogen and oxygen atoms in total. The van der Waals surface area contributed by atoms with Gasteiger partial charge in [0.25, 0.3) is 0 Å². The molecule has 0 saturated heterocycles. The van der Waals surface area contributed by atoms with Crippen LogP contribution < -0.4 is 5.32 Å². The minimum Gasteiger partial charge on any atom is -0.349 e. The number of hydrogen-bond donors (Lipinski definition) is 1. The van der Waals surface area contributed by atoms with Crippen LogP contribution in [0.5, 0.6) is 0 Å². The Kier molecular flexibility index (Phi) is 3.25. The summed E-state index contributed by atoms with van der Waals surface area (Å²) >= 11 is 0. The van der Waals surface area contributed by atoms with Gasteiger partial charge in [0.15, 0.2) is 0 Å². The van der Waals surface area contributed by atoms with E-state index in [9.17, 15) is 4.79 Å². The molecule has 1 aliphatic rings. The Morgan fingerprint density at radius 2 is 2.06 bits per heavy atom. The Labute approximate surface area is 96.5 Å². The number of nitrogens with one attached hydrogen (secondary N) is 1. The molecule has 1 aromatic carbocycles. The summed E-state index contributed by atoms with van der Waals surface area (Å²) < 4.78 is 0. The van der Waals surface area contributed by atoms with Crippen molar-refractivity contribution in [2.75, 3.05) is 14.1 Å². The van der Waals surface area contributed by atoms with Gasteiger partial charge in [-0.2, -0.15) is 0 Å². The molecule has 1 N–H and O–H groups in total. The van der Waals surface area contributed by atoms with Crippen molar-refractivity contribution < 1.29 is 4.79 Å². The largest absolute Gasteiger partial charge is 0.349 e. The summed E-state index contributed by atoms with van der Waals surface area (Å²) in [5, 5.41) is 3.32. The Morgan fingerprint density at radius 3 is 2.81 bits per heavy atom. The SMILES string of the molecule is CN(C)C(=O)CCc1ccc2c(c1)CNC2. The smallest absolute Gasteiger partial charge is 0.222 e. The summed E-state index contributed by atoms with van der Waals surface area (Å²) in [6.07, 6.45) is 1.43. The maximum absolute atomic E-state index is 11.5. The minimum absolute atomic E-state index is 0.193. The number of nitrogens with zero attached hydrogens (tertiary/aromatic N) is 1. The highest BCUT2D eigenvalue weighted by Gasteiger charge is 2.10. The predicted octanol–water partition coefficient (Wildman–Crippen LogP) is 1.31. The Bertz CT molecular complexity index is 399. The summed E-state index contributed by atoms with van der Waals surface area (Å²) in [4.78, 5) is 13.1. The molecule has 1 aromatic rings. The third kappa shape index (κ3) is 2.42. The minimum atomic E-state index is 0.193. The molecule has 0 aromatic heterocycles. The van der Waals surface area contributed by atoms with Crippen molar-refractivity contribution in [1.29, 1.82) is 0 Å². The van der Waals surface area contributed by atoms with E-state index in [-0.39, 0.29) is 5.91 Å². The third-order valence-electron chi connectivity index (χ3n) is 3.03. The zero-order valence-corrected chi connectivity index (χ0v) is 9.92. The zero-order chi connectivity index (χ0) is 11.5. The van der Waals surface area contributed by atoms with Gasteiger partial charge in [-0.05, 0) is 23.1 Å². The molecule has 1 aliphatic heterocycles. The maximum atomic E-state index is 11.5. The lowest BCUT2D eigenvalue weighted by Crippen LogP contribution is -2.21. The first kappa shape index (κ1) is 11.1. The topological polar surface area (TPSA) is 32.3 Å².